The summed E-state index contributed by atoms with van der Waals surface area (Å²) < 4.78 is 2.22. The second kappa shape index (κ2) is 6.07. The lowest BCUT2D eigenvalue weighted by Gasteiger charge is -2.11. The molecular formula is C14H12ClN5S. The molecule has 1 aromatic carbocycles. The van der Waals surface area contributed by atoms with Crippen molar-refractivity contribution < 1.29 is 0 Å². The van der Waals surface area contributed by atoms with Crippen LogP contribution in [0, 0.1) is 4.77 Å². The van der Waals surface area contributed by atoms with E-state index in [4.69, 9.17) is 23.8 Å². The van der Waals surface area contributed by atoms with E-state index in [1.807, 2.05) is 36.4 Å². The van der Waals surface area contributed by atoms with Gasteiger partial charge in [-0.2, -0.15) is 5.10 Å². The molecule has 0 spiro atoms. The van der Waals surface area contributed by atoms with Crippen LogP contribution in [0.15, 0.2) is 48.8 Å². The number of rotatable bonds is 4. The van der Waals surface area contributed by atoms with E-state index in [1.54, 1.807) is 17.1 Å². The first kappa shape index (κ1) is 13.8. The average molecular weight is 318 g/mol. The van der Waals surface area contributed by atoms with E-state index < -0.39 is 0 Å². The average Bonchev–Trinajstić information content (AvgIpc) is 2.88. The highest BCUT2D eigenvalue weighted by Gasteiger charge is 2.08. The first-order valence-electron chi connectivity index (χ1n) is 6.31. The molecule has 0 amide bonds. The van der Waals surface area contributed by atoms with Gasteiger partial charge in [-0.3, -0.25) is 4.98 Å². The molecule has 0 radical (unpaired) electrons. The van der Waals surface area contributed by atoms with Crippen molar-refractivity contribution in [2.75, 3.05) is 5.43 Å². The molecule has 0 bridgehead atoms. The van der Waals surface area contributed by atoms with Crippen molar-refractivity contribution in [1.29, 1.82) is 0 Å². The minimum atomic E-state index is 0.494. The Labute approximate surface area is 131 Å². The van der Waals surface area contributed by atoms with Gasteiger partial charge in [-0.25, -0.2) is 9.77 Å². The molecule has 0 saturated heterocycles. The first-order valence-corrected chi connectivity index (χ1v) is 7.09. The molecule has 3 rings (SSSR count). The number of nitrogens with zero attached hydrogens (tertiary/aromatic N) is 3. The summed E-state index contributed by atoms with van der Waals surface area (Å²) in [5.41, 5.74) is 5.14. The van der Waals surface area contributed by atoms with Gasteiger partial charge >= 0.3 is 0 Å². The molecule has 2 heterocycles. The van der Waals surface area contributed by atoms with E-state index in [2.05, 4.69) is 20.6 Å². The number of hydrogen-bond donors (Lipinski definition) is 2. The summed E-state index contributed by atoms with van der Waals surface area (Å²) >= 11 is 11.4. The van der Waals surface area contributed by atoms with Crippen molar-refractivity contribution in [2.24, 2.45) is 0 Å². The Morgan fingerprint density at radius 3 is 2.71 bits per heavy atom. The summed E-state index contributed by atoms with van der Waals surface area (Å²) in [7, 11) is 0. The molecule has 21 heavy (non-hydrogen) atoms. The van der Waals surface area contributed by atoms with Gasteiger partial charge in [-0.15, -0.1) is 0 Å². The second-order valence-electron chi connectivity index (χ2n) is 4.35. The van der Waals surface area contributed by atoms with Crippen LogP contribution in [0.1, 0.15) is 5.56 Å². The molecule has 0 aliphatic rings. The van der Waals surface area contributed by atoms with E-state index in [-0.39, 0.29) is 0 Å². The van der Waals surface area contributed by atoms with Gasteiger partial charge in [0.2, 0.25) is 4.77 Å². The second-order valence-corrected chi connectivity index (χ2v) is 5.14. The zero-order valence-corrected chi connectivity index (χ0v) is 12.5. The van der Waals surface area contributed by atoms with Gasteiger partial charge in [-0.1, -0.05) is 29.8 Å². The van der Waals surface area contributed by atoms with Gasteiger partial charge in [0.05, 0.1) is 6.54 Å². The Bertz CT molecular complexity index is 796. The highest BCUT2D eigenvalue weighted by molar-refractivity contribution is 7.71. The fraction of sp³-hybridized carbons (Fsp3) is 0.0714. The number of hydrogen-bond acceptors (Lipinski definition) is 4. The predicted octanol–water partition coefficient (Wildman–Crippen LogP) is 3.40. The van der Waals surface area contributed by atoms with Crippen molar-refractivity contribution in [2.45, 2.75) is 6.54 Å². The Morgan fingerprint density at radius 2 is 1.95 bits per heavy atom. The molecule has 0 atom stereocenters. The lowest BCUT2D eigenvalue weighted by molar-refractivity contribution is 0.832. The molecule has 2 aromatic heterocycles. The molecule has 3 aromatic rings. The van der Waals surface area contributed by atoms with Crippen molar-refractivity contribution in [1.82, 2.24) is 19.9 Å². The molecule has 106 valence electrons. The van der Waals surface area contributed by atoms with Crippen LogP contribution >= 0.6 is 23.8 Å². The Morgan fingerprint density at radius 1 is 1.19 bits per heavy atom. The lowest BCUT2D eigenvalue weighted by Crippen LogP contribution is -2.16. The van der Waals surface area contributed by atoms with Crippen LogP contribution in [-0.2, 0) is 6.54 Å². The maximum atomic E-state index is 6.15. The molecule has 0 unspecified atom stereocenters. The molecule has 5 nitrogen and oxygen atoms in total. The number of halogens is 1. The van der Waals surface area contributed by atoms with Crippen molar-refractivity contribution in [3.8, 4) is 11.4 Å². The summed E-state index contributed by atoms with van der Waals surface area (Å²) in [6, 6.07) is 11.4. The molecule has 7 heteroatoms. The van der Waals surface area contributed by atoms with Crippen molar-refractivity contribution >= 4 is 23.8 Å². The van der Waals surface area contributed by atoms with Crippen LogP contribution in [0.2, 0.25) is 5.02 Å². The number of pyridine rings is 1. The topological polar surface area (TPSA) is 58.5 Å². The number of H-pyrrole nitrogens is 1. The summed E-state index contributed by atoms with van der Waals surface area (Å²) in [5, 5.41) is 7.74. The zero-order chi connectivity index (χ0) is 14.7. The number of aromatic amines is 1. The summed E-state index contributed by atoms with van der Waals surface area (Å²) in [4.78, 5) is 4.00. The third-order valence-corrected chi connectivity index (χ3v) is 3.64. The van der Waals surface area contributed by atoms with Crippen LogP contribution in [0.5, 0.6) is 0 Å². The normalized spacial score (nSPS) is 10.5. The Balaban J connectivity index is 1.88. The fourth-order valence-corrected chi connectivity index (χ4v) is 2.34. The van der Waals surface area contributed by atoms with E-state index >= 15 is 0 Å². The summed E-state index contributed by atoms with van der Waals surface area (Å²) in [6.07, 6.45) is 3.43. The predicted molar refractivity (Wildman–Crippen MR) is 85.2 cm³/mol. The van der Waals surface area contributed by atoms with Crippen molar-refractivity contribution in [3.63, 3.8) is 0 Å². The standard InChI is InChI=1S/C14H12ClN5S/c15-12-4-2-1-3-11(12)9-17-20-13(18-19-14(20)21)10-5-7-16-8-6-10/h1-8,17H,9H2,(H,19,21). The Kier molecular flexibility index (Phi) is 3.98. The van der Waals surface area contributed by atoms with E-state index in [0.29, 0.717) is 22.2 Å². The smallest absolute Gasteiger partial charge is 0.214 e. The van der Waals surface area contributed by atoms with Crippen LogP contribution < -0.4 is 5.43 Å². The molecule has 0 aliphatic carbocycles. The minimum absolute atomic E-state index is 0.494. The highest BCUT2D eigenvalue weighted by atomic mass is 35.5. The van der Waals surface area contributed by atoms with Gasteiger partial charge in [-0.05, 0) is 36.0 Å². The summed E-state index contributed by atoms with van der Waals surface area (Å²) in [6.45, 7) is 0.547. The molecule has 2 N–H and O–H groups in total. The number of nitrogens with one attached hydrogen (secondary N) is 2. The molecule has 0 fully saturated rings. The van der Waals surface area contributed by atoms with Crippen LogP contribution in [0.3, 0.4) is 0 Å². The Hall–Kier alpha value is -2.18. The third kappa shape index (κ3) is 2.96. The first-order chi connectivity index (χ1) is 10.3. The van der Waals surface area contributed by atoms with E-state index in [9.17, 15) is 0 Å². The summed E-state index contributed by atoms with van der Waals surface area (Å²) in [5.74, 6) is 0.703. The monoisotopic (exact) mass is 317 g/mol. The third-order valence-electron chi connectivity index (χ3n) is 3.00. The van der Waals surface area contributed by atoms with Crippen LogP contribution in [0.25, 0.3) is 11.4 Å². The van der Waals surface area contributed by atoms with Crippen LogP contribution in [0.4, 0.5) is 0 Å². The number of aromatic nitrogens is 4. The van der Waals surface area contributed by atoms with Gasteiger partial charge < -0.3 is 5.43 Å². The SMILES string of the molecule is S=c1[nH]nc(-c2ccncc2)n1NCc1ccccc1Cl. The van der Waals surface area contributed by atoms with E-state index in [1.165, 1.54) is 0 Å². The van der Waals surface area contributed by atoms with E-state index in [0.717, 1.165) is 11.1 Å². The molecule has 0 aliphatic heterocycles. The van der Waals surface area contributed by atoms with Gasteiger partial charge in [0.15, 0.2) is 5.82 Å². The quantitative estimate of drug-likeness (QED) is 0.724. The fourth-order valence-electron chi connectivity index (χ4n) is 1.94. The van der Waals surface area contributed by atoms with Gasteiger partial charge in [0, 0.05) is 23.0 Å². The zero-order valence-electron chi connectivity index (χ0n) is 11.0. The van der Waals surface area contributed by atoms with Crippen molar-refractivity contribution in [3.05, 3.63) is 64.1 Å². The maximum Gasteiger partial charge on any atom is 0.214 e. The highest BCUT2D eigenvalue weighted by Crippen LogP contribution is 2.17. The maximum absolute atomic E-state index is 6.15. The molecule has 0 saturated carbocycles. The largest absolute Gasteiger partial charge is 0.317 e. The number of benzene rings is 1. The molecular weight excluding hydrogens is 306 g/mol. The van der Waals surface area contributed by atoms with Gasteiger partial charge in [0.1, 0.15) is 0 Å². The lowest BCUT2D eigenvalue weighted by atomic mass is 10.2. The van der Waals surface area contributed by atoms with Gasteiger partial charge in [0.25, 0.3) is 0 Å². The minimum Gasteiger partial charge on any atom is -0.317 e. The van der Waals surface area contributed by atoms with Crippen LogP contribution in [-0.4, -0.2) is 19.9 Å².